The van der Waals surface area contributed by atoms with Crippen molar-refractivity contribution < 1.29 is 121 Å². The van der Waals surface area contributed by atoms with E-state index in [0.29, 0.717) is 0 Å². The fourth-order valence-corrected chi connectivity index (χ4v) is 0. The molecule has 0 aliphatic heterocycles. The van der Waals surface area contributed by atoms with Gasteiger partial charge >= 0.3 is 80.8 Å². The van der Waals surface area contributed by atoms with Gasteiger partial charge in [-0.05, 0) is 0 Å². The Bertz CT molecular complexity index is 116. The van der Waals surface area contributed by atoms with E-state index in [1.807, 2.05) is 0 Å². The Morgan fingerprint density at radius 2 is 0.500 bits per heavy atom. The Hall–Kier alpha value is 2.89. The second kappa shape index (κ2) is 24.9. The molecule has 0 aromatic rings. The van der Waals surface area contributed by atoms with Gasteiger partial charge in [-0.25, -0.2) is 0 Å². The third-order valence-corrected chi connectivity index (χ3v) is 0. The zero-order valence-electron chi connectivity index (χ0n) is 5.72. The van der Waals surface area contributed by atoms with Gasteiger partial charge in [-0.3, -0.25) is 12.6 Å². The molecule has 0 heterocycles. The van der Waals surface area contributed by atoms with Gasteiger partial charge in [0.1, 0.15) is 0 Å². The number of hydrogen-bond acceptors (Lipinski definition) is 9. The zero-order valence-corrected chi connectivity index (χ0v) is 13.4. The van der Waals surface area contributed by atoms with Crippen molar-refractivity contribution in [1.82, 2.24) is 0 Å². The third kappa shape index (κ3) is 345. The molecule has 9 nitrogen and oxygen atoms in total. The quantitative estimate of drug-likeness (QED) is 0.288. The van der Waals surface area contributed by atoms with E-state index in [0.717, 1.165) is 0 Å². The van der Waals surface area contributed by atoms with Crippen LogP contribution >= 0.6 is 0 Å². The van der Waals surface area contributed by atoms with E-state index in [1.54, 1.807) is 0 Å². The first kappa shape index (κ1) is 30.2. The van der Waals surface area contributed by atoms with Gasteiger partial charge in [-0.15, -0.1) is 34.1 Å². The molecule has 0 atom stereocenters. The van der Waals surface area contributed by atoms with Gasteiger partial charge in [0.05, 0.1) is 0 Å². The van der Waals surface area contributed by atoms with Gasteiger partial charge < -0.3 is 27.3 Å². The van der Waals surface area contributed by atoms with Gasteiger partial charge in [0.15, 0.2) is 0 Å². The molecular weight excluding hydrogens is 541 g/mol. The molecule has 0 aromatic carbocycles. The molecule has 0 fully saturated rings. The average molecular weight is 541 g/mol. The van der Waals surface area contributed by atoms with Crippen molar-refractivity contribution in [3.8, 4) is 0 Å². The molecule has 0 N–H and O–H groups in total. The maximum absolute atomic E-state index is 8.44. The fraction of sp³-hybridized carbons (Fsp3) is 0. The van der Waals surface area contributed by atoms with Gasteiger partial charge in [-0.2, -0.15) is 0 Å². The molecule has 0 bridgehead atoms. The second-order valence-electron chi connectivity index (χ2n) is 0.612. The van der Waals surface area contributed by atoms with Crippen molar-refractivity contribution in [2.75, 3.05) is 0 Å². The van der Waals surface area contributed by atoms with E-state index < -0.39 is 34.1 Å². The van der Waals surface area contributed by atoms with Crippen molar-refractivity contribution in [1.29, 1.82) is 0 Å². The molecule has 0 saturated carbocycles. The van der Waals surface area contributed by atoms with Gasteiger partial charge in [0.2, 0.25) is 0 Å². The minimum Gasteiger partial charge on any atom is -0.784 e. The van der Waals surface area contributed by atoms with Gasteiger partial charge in [0, 0.05) is 0 Å². The number of hydrogen-bond donors (Lipinski definition) is 0. The minimum absolute atomic E-state index is 0. The van der Waals surface area contributed by atoms with Crippen LogP contribution in [0, 0.1) is 80.8 Å². The Morgan fingerprint density at radius 3 is 0.500 bits per heavy atom. The number of rotatable bonds is 0. The Balaban J connectivity index is -0.0000000270. The summed E-state index contributed by atoms with van der Waals surface area (Å²) in [4.78, 5) is 0. The molecule has 2 radical (unpaired) electrons. The van der Waals surface area contributed by atoms with Crippen molar-refractivity contribution in [2.24, 2.45) is 0 Å². The average Bonchev–Trinajstić information content (AvgIpc) is 1.54. The van der Waals surface area contributed by atoms with Crippen molar-refractivity contribution >= 4 is 34.1 Å². The monoisotopic (exact) mass is 544 g/mol. The molecule has 0 aliphatic carbocycles. The van der Waals surface area contributed by atoms with Crippen LogP contribution in [0.25, 0.3) is 0 Å². The Kier molecular flexibility index (Phi) is 53.7. The second-order valence-corrected chi connectivity index (χ2v) is 1.84. The largest absolute Gasteiger partial charge is 3.00 e. The standard InChI is InChI=1S/3H2O3S.2Sm/c3*1-4(2)3;;/h3*(H2,1,2,3);;/q;;;2*+3/p-6. The summed E-state index contributed by atoms with van der Waals surface area (Å²) in [7, 11) is 0. The summed E-state index contributed by atoms with van der Waals surface area (Å²) < 4.78 is 76.0. The molecule has 0 unspecified atom stereocenters. The Morgan fingerprint density at radius 1 is 0.500 bits per heavy atom. The smallest absolute Gasteiger partial charge is 0.784 e. The normalized spacial score (nSPS) is 7.50. The molecule has 0 amide bonds. The van der Waals surface area contributed by atoms with Crippen LogP contribution in [0.4, 0.5) is 0 Å². The molecule has 0 aromatic heterocycles. The molecule has 84 valence electrons. The SMILES string of the molecule is O=S([O-])[O-].O=S([O-])[O-].O=S([O-])[O-].[Sm+3].[Sm+3]. The topological polar surface area (TPSA) is 190 Å². The first-order valence-electron chi connectivity index (χ1n) is 1.50. The summed E-state index contributed by atoms with van der Waals surface area (Å²) in [6, 6.07) is 0. The van der Waals surface area contributed by atoms with E-state index in [2.05, 4.69) is 0 Å². The van der Waals surface area contributed by atoms with E-state index in [9.17, 15) is 0 Å². The summed E-state index contributed by atoms with van der Waals surface area (Å²) in [6.45, 7) is 0. The maximum Gasteiger partial charge on any atom is 3.00 e. The molecule has 0 aliphatic rings. The van der Waals surface area contributed by atoms with Crippen LogP contribution in [0.3, 0.4) is 0 Å². The van der Waals surface area contributed by atoms with Crippen LogP contribution in [-0.4, -0.2) is 39.9 Å². The predicted molar refractivity (Wildman–Crippen MR) is 29.1 cm³/mol. The van der Waals surface area contributed by atoms with Crippen molar-refractivity contribution in [2.45, 2.75) is 0 Å². The molecule has 14 heteroatoms. The summed E-state index contributed by atoms with van der Waals surface area (Å²) in [5, 5.41) is 0. The first-order valence-corrected chi connectivity index (χ1v) is 4.50. The Labute approximate surface area is 152 Å². The maximum atomic E-state index is 8.44. The minimum atomic E-state index is -3.11. The summed E-state index contributed by atoms with van der Waals surface area (Å²) in [5.74, 6) is 0. The van der Waals surface area contributed by atoms with E-state index in [1.165, 1.54) is 0 Å². The zero-order chi connectivity index (χ0) is 10.7. The van der Waals surface area contributed by atoms with Crippen molar-refractivity contribution in [3.05, 3.63) is 0 Å². The summed E-state index contributed by atoms with van der Waals surface area (Å²) in [6.07, 6.45) is 0. The first-order chi connectivity index (χ1) is 5.20. The predicted octanol–water partition coefficient (Wildman–Crippen LogP) is -3.01. The van der Waals surface area contributed by atoms with Crippen LogP contribution in [0.15, 0.2) is 0 Å². The van der Waals surface area contributed by atoms with Crippen LogP contribution in [0.5, 0.6) is 0 Å². The van der Waals surface area contributed by atoms with E-state index in [4.69, 9.17) is 39.9 Å². The fourth-order valence-electron chi connectivity index (χ4n) is 0. The van der Waals surface area contributed by atoms with Crippen LogP contribution in [0.1, 0.15) is 0 Å². The summed E-state index contributed by atoms with van der Waals surface area (Å²) in [5.41, 5.74) is 0. The van der Waals surface area contributed by atoms with Crippen LogP contribution in [0.2, 0.25) is 0 Å². The molecule has 0 spiro atoms. The van der Waals surface area contributed by atoms with Gasteiger partial charge in [0.25, 0.3) is 0 Å². The van der Waals surface area contributed by atoms with E-state index >= 15 is 0 Å². The molecule has 14 heavy (non-hydrogen) atoms. The van der Waals surface area contributed by atoms with Gasteiger partial charge in [-0.1, -0.05) is 0 Å². The molecular formula is O9S3Sm2. The third-order valence-electron chi connectivity index (χ3n) is 0. The molecule has 0 rings (SSSR count). The van der Waals surface area contributed by atoms with E-state index in [-0.39, 0.29) is 80.8 Å². The van der Waals surface area contributed by atoms with Crippen molar-refractivity contribution in [3.63, 3.8) is 0 Å². The molecule has 0 saturated heterocycles. The van der Waals surface area contributed by atoms with Crippen LogP contribution in [-0.2, 0) is 34.1 Å². The van der Waals surface area contributed by atoms with Crippen LogP contribution < -0.4 is 0 Å². The summed E-state index contributed by atoms with van der Waals surface area (Å²) >= 11 is -9.33.